The van der Waals surface area contributed by atoms with Gasteiger partial charge in [-0.25, -0.2) is 0 Å². The van der Waals surface area contributed by atoms with E-state index in [4.69, 9.17) is 5.73 Å². The van der Waals surface area contributed by atoms with Crippen LogP contribution in [0.2, 0.25) is 0 Å². The fraction of sp³-hybridized carbons (Fsp3) is 0.350. The largest absolute Gasteiger partial charge is 0.326 e. The number of hydrogen-bond donors (Lipinski definition) is 1. The van der Waals surface area contributed by atoms with Gasteiger partial charge in [0.15, 0.2) is 0 Å². The summed E-state index contributed by atoms with van der Waals surface area (Å²) in [5, 5.41) is 0. The highest BCUT2D eigenvalue weighted by Crippen LogP contribution is 2.45. The van der Waals surface area contributed by atoms with Gasteiger partial charge in [0.1, 0.15) is 0 Å². The summed E-state index contributed by atoms with van der Waals surface area (Å²) in [7, 11) is 0. The number of amides is 1. The summed E-state index contributed by atoms with van der Waals surface area (Å²) in [6.45, 7) is 5.68. The van der Waals surface area contributed by atoms with Gasteiger partial charge in [-0.3, -0.25) is 4.79 Å². The average molecular weight is 308 g/mol. The van der Waals surface area contributed by atoms with Crippen LogP contribution in [0.5, 0.6) is 0 Å². The fourth-order valence-electron chi connectivity index (χ4n) is 3.61. The number of anilines is 1. The first-order chi connectivity index (χ1) is 11.1. The van der Waals surface area contributed by atoms with Crippen molar-refractivity contribution in [1.82, 2.24) is 0 Å². The van der Waals surface area contributed by atoms with Crippen LogP contribution in [0, 0.1) is 0 Å². The molecule has 0 unspecified atom stereocenters. The third-order valence-corrected chi connectivity index (χ3v) is 5.26. The highest BCUT2D eigenvalue weighted by atomic mass is 16.2. The number of benzene rings is 2. The van der Waals surface area contributed by atoms with Gasteiger partial charge in [0.05, 0.1) is 0 Å². The van der Waals surface area contributed by atoms with Crippen LogP contribution in [0.4, 0.5) is 5.69 Å². The van der Waals surface area contributed by atoms with Gasteiger partial charge >= 0.3 is 0 Å². The summed E-state index contributed by atoms with van der Waals surface area (Å²) >= 11 is 0. The summed E-state index contributed by atoms with van der Waals surface area (Å²) in [4.78, 5) is 15.0. The maximum absolute atomic E-state index is 13.0. The second kappa shape index (κ2) is 6.17. The quantitative estimate of drug-likeness (QED) is 0.932. The van der Waals surface area contributed by atoms with Gasteiger partial charge in [0, 0.05) is 29.8 Å². The standard InChI is InChI=1S/C20H24N2O/c1-3-20(4-2)14-22(18-8-6-5-7-17(18)20)19(23)16-11-9-15(13-21)10-12-16/h5-12H,3-4,13-14,21H2,1-2H3. The molecule has 3 rings (SSSR count). The summed E-state index contributed by atoms with van der Waals surface area (Å²) in [5.74, 6) is 0.0739. The Labute approximate surface area is 138 Å². The molecule has 120 valence electrons. The molecular weight excluding hydrogens is 284 g/mol. The Hall–Kier alpha value is -2.13. The van der Waals surface area contributed by atoms with Crippen LogP contribution in [-0.2, 0) is 12.0 Å². The topological polar surface area (TPSA) is 46.3 Å². The minimum atomic E-state index is 0.0729. The van der Waals surface area contributed by atoms with Crippen molar-refractivity contribution in [2.45, 2.75) is 38.6 Å². The number of rotatable bonds is 4. The molecule has 3 heteroatoms. The second-order valence-corrected chi connectivity index (χ2v) is 6.30. The van der Waals surface area contributed by atoms with E-state index in [9.17, 15) is 4.79 Å². The maximum atomic E-state index is 13.0. The van der Waals surface area contributed by atoms with Crippen molar-refractivity contribution in [1.29, 1.82) is 0 Å². The van der Waals surface area contributed by atoms with Gasteiger partial charge in [0.25, 0.3) is 5.91 Å². The summed E-state index contributed by atoms with van der Waals surface area (Å²) in [5.41, 5.74) is 9.84. The molecule has 2 aromatic carbocycles. The van der Waals surface area contributed by atoms with E-state index in [0.717, 1.165) is 36.2 Å². The Bertz CT molecular complexity index is 702. The first kappa shape index (κ1) is 15.8. The molecule has 0 bridgehead atoms. The van der Waals surface area contributed by atoms with Crippen LogP contribution in [0.15, 0.2) is 48.5 Å². The molecule has 3 nitrogen and oxygen atoms in total. The van der Waals surface area contributed by atoms with Crippen molar-refractivity contribution < 1.29 is 4.79 Å². The molecule has 23 heavy (non-hydrogen) atoms. The smallest absolute Gasteiger partial charge is 0.258 e. The van der Waals surface area contributed by atoms with Crippen molar-refractivity contribution in [2.75, 3.05) is 11.4 Å². The molecular formula is C20H24N2O. The number of nitrogens with two attached hydrogens (primary N) is 1. The predicted octanol–water partition coefficient (Wildman–Crippen LogP) is 3.86. The Morgan fingerprint density at radius 3 is 2.35 bits per heavy atom. The van der Waals surface area contributed by atoms with Crippen molar-refractivity contribution in [3.05, 3.63) is 65.2 Å². The van der Waals surface area contributed by atoms with Gasteiger partial charge < -0.3 is 10.6 Å². The van der Waals surface area contributed by atoms with E-state index in [-0.39, 0.29) is 11.3 Å². The van der Waals surface area contributed by atoms with E-state index in [1.807, 2.05) is 35.2 Å². The molecule has 0 radical (unpaired) electrons. The van der Waals surface area contributed by atoms with Crippen LogP contribution in [-0.4, -0.2) is 12.5 Å². The minimum Gasteiger partial charge on any atom is -0.326 e. The summed E-state index contributed by atoms with van der Waals surface area (Å²) < 4.78 is 0. The van der Waals surface area contributed by atoms with Crippen LogP contribution < -0.4 is 10.6 Å². The normalized spacial score (nSPS) is 15.5. The lowest BCUT2D eigenvalue weighted by Gasteiger charge is -2.27. The third-order valence-electron chi connectivity index (χ3n) is 5.26. The van der Waals surface area contributed by atoms with Gasteiger partial charge in [-0.1, -0.05) is 44.2 Å². The van der Waals surface area contributed by atoms with E-state index in [2.05, 4.69) is 32.0 Å². The van der Waals surface area contributed by atoms with Crippen LogP contribution >= 0.6 is 0 Å². The Morgan fingerprint density at radius 1 is 1.09 bits per heavy atom. The first-order valence-corrected chi connectivity index (χ1v) is 8.35. The molecule has 0 aromatic heterocycles. The van der Waals surface area contributed by atoms with E-state index in [1.54, 1.807) is 0 Å². The lowest BCUT2D eigenvalue weighted by atomic mass is 9.78. The molecule has 0 atom stereocenters. The fourth-order valence-corrected chi connectivity index (χ4v) is 3.61. The molecule has 1 heterocycles. The van der Waals surface area contributed by atoms with E-state index < -0.39 is 0 Å². The number of para-hydroxylation sites is 1. The van der Waals surface area contributed by atoms with Crippen molar-refractivity contribution in [3.8, 4) is 0 Å². The summed E-state index contributed by atoms with van der Waals surface area (Å²) in [6, 6.07) is 15.9. The van der Waals surface area contributed by atoms with Crippen molar-refractivity contribution in [3.63, 3.8) is 0 Å². The number of nitrogens with zero attached hydrogens (tertiary/aromatic N) is 1. The number of carbonyl (C=O) groups is 1. The highest BCUT2D eigenvalue weighted by molar-refractivity contribution is 6.07. The average Bonchev–Trinajstić information content (AvgIpc) is 2.96. The maximum Gasteiger partial charge on any atom is 0.258 e. The SMILES string of the molecule is CCC1(CC)CN(C(=O)c2ccc(CN)cc2)c2ccccc21. The minimum absolute atomic E-state index is 0.0729. The molecule has 0 fully saturated rings. The molecule has 2 N–H and O–H groups in total. The zero-order chi connectivity index (χ0) is 16.4. The van der Waals surface area contributed by atoms with E-state index in [0.29, 0.717) is 6.54 Å². The van der Waals surface area contributed by atoms with Gasteiger partial charge in [-0.15, -0.1) is 0 Å². The monoisotopic (exact) mass is 308 g/mol. The van der Waals surface area contributed by atoms with Crippen LogP contribution in [0.3, 0.4) is 0 Å². The number of carbonyl (C=O) groups excluding carboxylic acids is 1. The molecule has 1 aliphatic rings. The van der Waals surface area contributed by atoms with Gasteiger partial charge in [0.2, 0.25) is 0 Å². The highest BCUT2D eigenvalue weighted by Gasteiger charge is 2.42. The summed E-state index contributed by atoms with van der Waals surface area (Å²) in [6.07, 6.45) is 2.08. The second-order valence-electron chi connectivity index (χ2n) is 6.30. The Morgan fingerprint density at radius 2 is 1.74 bits per heavy atom. The van der Waals surface area contributed by atoms with Crippen LogP contribution in [0.25, 0.3) is 0 Å². The van der Waals surface area contributed by atoms with Crippen LogP contribution in [0.1, 0.15) is 48.2 Å². The number of hydrogen-bond acceptors (Lipinski definition) is 2. The Kier molecular flexibility index (Phi) is 4.22. The van der Waals surface area contributed by atoms with E-state index >= 15 is 0 Å². The third kappa shape index (κ3) is 2.55. The van der Waals surface area contributed by atoms with Crippen molar-refractivity contribution in [2.24, 2.45) is 5.73 Å². The molecule has 0 saturated carbocycles. The zero-order valence-electron chi connectivity index (χ0n) is 13.9. The Balaban J connectivity index is 1.98. The first-order valence-electron chi connectivity index (χ1n) is 8.35. The molecule has 2 aromatic rings. The zero-order valence-corrected chi connectivity index (χ0v) is 13.9. The number of fused-ring (bicyclic) bond motifs is 1. The van der Waals surface area contributed by atoms with E-state index in [1.165, 1.54) is 5.56 Å². The molecule has 0 saturated heterocycles. The molecule has 0 spiro atoms. The molecule has 1 amide bonds. The van der Waals surface area contributed by atoms with Gasteiger partial charge in [-0.2, -0.15) is 0 Å². The molecule has 1 aliphatic heterocycles. The molecule has 0 aliphatic carbocycles. The van der Waals surface area contributed by atoms with Gasteiger partial charge in [-0.05, 0) is 42.2 Å². The lowest BCUT2D eigenvalue weighted by Crippen LogP contribution is -2.36. The van der Waals surface area contributed by atoms with Crippen molar-refractivity contribution >= 4 is 11.6 Å². The lowest BCUT2D eigenvalue weighted by molar-refractivity contribution is 0.0984. The predicted molar refractivity (Wildman–Crippen MR) is 94.7 cm³/mol.